The summed E-state index contributed by atoms with van der Waals surface area (Å²) in [5.74, 6) is 0.109. The maximum atomic E-state index is 12.4. The monoisotopic (exact) mass is 348 g/mol. The fraction of sp³-hybridized carbons (Fsp3) is 0.0500. The Hall–Kier alpha value is -3.67. The van der Waals surface area contributed by atoms with Gasteiger partial charge in [-0.1, -0.05) is 12.1 Å². The molecule has 1 heterocycles. The first-order valence-electron chi connectivity index (χ1n) is 7.84. The molecule has 0 saturated carbocycles. The van der Waals surface area contributed by atoms with Gasteiger partial charge in [0, 0.05) is 18.1 Å². The fourth-order valence-corrected chi connectivity index (χ4v) is 2.29. The summed E-state index contributed by atoms with van der Waals surface area (Å²) >= 11 is 0. The number of hydrogen-bond donors (Lipinski definition) is 1. The Labute approximate surface area is 150 Å². The third-order valence-electron chi connectivity index (χ3n) is 3.59. The summed E-state index contributed by atoms with van der Waals surface area (Å²) in [5.41, 5.74) is 1.42. The van der Waals surface area contributed by atoms with Gasteiger partial charge in [0.15, 0.2) is 0 Å². The minimum Gasteiger partial charge on any atom is -0.496 e. The van der Waals surface area contributed by atoms with E-state index in [1.54, 1.807) is 60.7 Å². The van der Waals surface area contributed by atoms with Crippen LogP contribution in [-0.4, -0.2) is 24.0 Å². The molecular weight excluding hydrogens is 332 g/mol. The third-order valence-corrected chi connectivity index (χ3v) is 3.59. The van der Waals surface area contributed by atoms with Crippen LogP contribution in [-0.2, 0) is 0 Å². The molecule has 0 fully saturated rings. The Morgan fingerprint density at radius 2 is 1.62 bits per heavy atom. The molecule has 0 bridgehead atoms. The molecule has 1 amide bonds. The van der Waals surface area contributed by atoms with E-state index in [9.17, 15) is 9.59 Å². The van der Waals surface area contributed by atoms with Crippen molar-refractivity contribution < 1.29 is 19.1 Å². The SMILES string of the molecule is COc1ccccc1C(=O)Nc1ccc(OC(=O)c2ccncc2)cc1. The van der Waals surface area contributed by atoms with Crippen molar-refractivity contribution in [2.45, 2.75) is 0 Å². The van der Waals surface area contributed by atoms with E-state index in [4.69, 9.17) is 9.47 Å². The van der Waals surface area contributed by atoms with Gasteiger partial charge in [0.25, 0.3) is 5.91 Å². The highest BCUT2D eigenvalue weighted by molar-refractivity contribution is 6.06. The number of hydrogen-bond acceptors (Lipinski definition) is 5. The van der Waals surface area contributed by atoms with E-state index in [0.717, 1.165) is 0 Å². The number of carbonyl (C=O) groups is 2. The van der Waals surface area contributed by atoms with Crippen LogP contribution in [0, 0.1) is 0 Å². The van der Waals surface area contributed by atoms with Gasteiger partial charge in [-0.3, -0.25) is 9.78 Å². The smallest absolute Gasteiger partial charge is 0.343 e. The van der Waals surface area contributed by atoms with Gasteiger partial charge in [-0.2, -0.15) is 0 Å². The highest BCUT2D eigenvalue weighted by Crippen LogP contribution is 2.21. The first kappa shape index (κ1) is 17.2. The molecule has 26 heavy (non-hydrogen) atoms. The van der Waals surface area contributed by atoms with Crippen LogP contribution in [0.5, 0.6) is 11.5 Å². The zero-order chi connectivity index (χ0) is 18.4. The normalized spacial score (nSPS) is 10.0. The summed E-state index contributed by atoms with van der Waals surface area (Å²) < 4.78 is 10.5. The molecule has 3 aromatic rings. The van der Waals surface area contributed by atoms with Crippen LogP contribution in [0.15, 0.2) is 73.1 Å². The number of esters is 1. The van der Waals surface area contributed by atoms with E-state index >= 15 is 0 Å². The first-order chi connectivity index (χ1) is 12.7. The van der Waals surface area contributed by atoms with Crippen molar-refractivity contribution in [3.63, 3.8) is 0 Å². The Kier molecular flexibility index (Phi) is 5.24. The number of benzene rings is 2. The second kappa shape index (κ2) is 7.94. The average Bonchev–Trinajstić information content (AvgIpc) is 2.70. The van der Waals surface area contributed by atoms with E-state index in [1.165, 1.54) is 19.5 Å². The zero-order valence-corrected chi connectivity index (χ0v) is 14.0. The maximum absolute atomic E-state index is 12.4. The summed E-state index contributed by atoms with van der Waals surface area (Å²) in [5, 5.41) is 2.78. The van der Waals surface area contributed by atoms with E-state index < -0.39 is 5.97 Å². The number of ether oxygens (including phenoxy) is 2. The third kappa shape index (κ3) is 4.05. The van der Waals surface area contributed by atoms with Gasteiger partial charge in [-0.05, 0) is 48.5 Å². The van der Waals surface area contributed by atoms with Crippen molar-refractivity contribution in [1.82, 2.24) is 4.98 Å². The van der Waals surface area contributed by atoms with Crippen LogP contribution < -0.4 is 14.8 Å². The van der Waals surface area contributed by atoms with Crippen LogP contribution in [0.25, 0.3) is 0 Å². The molecule has 130 valence electrons. The number of methoxy groups -OCH3 is 1. The number of rotatable bonds is 5. The molecule has 0 aliphatic rings. The number of carbonyl (C=O) groups excluding carboxylic acids is 2. The summed E-state index contributed by atoms with van der Waals surface area (Å²) in [6.45, 7) is 0. The van der Waals surface area contributed by atoms with Crippen molar-refractivity contribution in [3.8, 4) is 11.5 Å². The summed E-state index contributed by atoms with van der Waals surface area (Å²) in [6.07, 6.45) is 3.04. The minimum absolute atomic E-state index is 0.288. The van der Waals surface area contributed by atoms with Gasteiger partial charge in [0.1, 0.15) is 11.5 Å². The van der Waals surface area contributed by atoms with Crippen LogP contribution in [0.2, 0.25) is 0 Å². The number of aromatic nitrogens is 1. The second-order valence-corrected chi connectivity index (χ2v) is 5.30. The maximum Gasteiger partial charge on any atom is 0.343 e. The predicted octanol–water partition coefficient (Wildman–Crippen LogP) is 3.56. The standard InChI is InChI=1S/C20H16N2O4/c1-25-18-5-3-2-4-17(18)19(23)22-15-6-8-16(9-7-15)26-20(24)14-10-12-21-13-11-14/h2-13H,1H3,(H,22,23). The summed E-state index contributed by atoms with van der Waals surface area (Å²) in [6, 6.07) is 16.6. The zero-order valence-electron chi connectivity index (χ0n) is 14.0. The Morgan fingerprint density at radius 3 is 2.31 bits per heavy atom. The molecule has 0 aliphatic heterocycles. The van der Waals surface area contributed by atoms with E-state index in [0.29, 0.717) is 28.3 Å². The molecule has 0 unspecified atom stereocenters. The van der Waals surface area contributed by atoms with Gasteiger partial charge >= 0.3 is 5.97 Å². The molecule has 0 radical (unpaired) electrons. The van der Waals surface area contributed by atoms with Crippen LogP contribution in [0.1, 0.15) is 20.7 Å². The van der Waals surface area contributed by atoms with Gasteiger partial charge in [-0.25, -0.2) is 4.79 Å². The molecule has 6 nitrogen and oxygen atoms in total. The minimum atomic E-state index is -0.474. The van der Waals surface area contributed by atoms with Gasteiger partial charge < -0.3 is 14.8 Å². The second-order valence-electron chi connectivity index (χ2n) is 5.30. The number of nitrogens with one attached hydrogen (secondary N) is 1. The number of para-hydroxylation sites is 1. The highest BCUT2D eigenvalue weighted by Gasteiger charge is 2.12. The molecule has 3 rings (SSSR count). The van der Waals surface area contributed by atoms with Crippen molar-refractivity contribution in [2.75, 3.05) is 12.4 Å². The topological polar surface area (TPSA) is 77.5 Å². The number of amides is 1. The molecule has 0 spiro atoms. The average molecular weight is 348 g/mol. The molecule has 2 aromatic carbocycles. The predicted molar refractivity (Wildman–Crippen MR) is 96.6 cm³/mol. The largest absolute Gasteiger partial charge is 0.496 e. The number of anilines is 1. The molecule has 6 heteroatoms. The molecular formula is C20H16N2O4. The van der Waals surface area contributed by atoms with Crippen molar-refractivity contribution >= 4 is 17.6 Å². The molecule has 1 N–H and O–H groups in total. The quantitative estimate of drug-likeness (QED) is 0.563. The Balaban J connectivity index is 1.66. The Morgan fingerprint density at radius 1 is 0.923 bits per heavy atom. The number of nitrogens with zero attached hydrogens (tertiary/aromatic N) is 1. The molecule has 0 saturated heterocycles. The van der Waals surface area contributed by atoms with Gasteiger partial charge in [-0.15, -0.1) is 0 Å². The Bertz CT molecular complexity index is 909. The molecule has 0 aliphatic carbocycles. The lowest BCUT2D eigenvalue weighted by Crippen LogP contribution is -2.13. The van der Waals surface area contributed by atoms with E-state index in [-0.39, 0.29) is 5.91 Å². The van der Waals surface area contributed by atoms with Crippen molar-refractivity contribution in [3.05, 3.63) is 84.2 Å². The molecule has 1 aromatic heterocycles. The lowest BCUT2D eigenvalue weighted by molar-refractivity contribution is 0.0734. The van der Waals surface area contributed by atoms with Crippen molar-refractivity contribution in [2.24, 2.45) is 0 Å². The lowest BCUT2D eigenvalue weighted by atomic mass is 10.2. The van der Waals surface area contributed by atoms with Crippen LogP contribution in [0.3, 0.4) is 0 Å². The number of pyridine rings is 1. The first-order valence-corrected chi connectivity index (χ1v) is 7.84. The van der Waals surface area contributed by atoms with Crippen LogP contribution >= 0.6 is 0 Å². The summed E-state index contributed by atoms with van der Waals surface area (Å²) in [4.78, 5) is 28.2. The molecule has 0 atom stereocenters. The van der Waals surface area contributed by atoms with E-state index in [2.05, 4.69) is 10.3 Å². The lowest BCUT2D eigenvalue weighted by Gasteiger charge is -2.10. The van der Waals surface area contributed by atoms with Crippen LogP contribution in [0.4, 0.5) is 5.69 Å². The fourth-order valence-electron chi connectivity index (χ4n) is 2.29. The van der Waals surface area contributed by atoms with Crippen molar-refractivity contribution in [1.29, 1.82) is 0 Å². The van der Waals surface area contributed by atoms with Gasteiger partial charge in [0.2, 0.25) is 0 Å². The van der Waals surface area contributed by atoms with E-state index in [1.807, 2.05) is 0 Å². The highest BCUT2D eigenvalue weighted by atomic mass is 16.5. The summed E-state index contributed by atoms with van der Waals surface area (Å²) in [7, 11) is 1.51. The van der Waals surface area contributed by atoms with Gasteiger partial charge in [0.05, 0.1) is 18.2 Å².